The molecule has 132 valence electrons. The Balaban J connectivity index is 1.74. The number of aliphatic hydroxyl groups is 4. The molecular formula is C16H26O7. The summed E-state index contributed by atoms with van der Waals surface area (Å²) in [7, 11) is 0. The Labute approximate surface area is 135 Å². The molecular weight excluding hydrogens is 304 g/mol. The first-order chi connectivity index (χ1) is 10.6. The molecule has 3 aliphatic rings. The molecule has 7 heteroatoms. The van der Waals surface area contributed by atoms with Crippen LogP contribution in [0.4, 0.5) is 0 Å². The molecule has 2 saturated carbocycles. The number of rotatable bonds is 3. The van der Waals surface area contributed by atoms with Gasteiger partial charge in [0.25, 0.3) is 0 Å². The smallest absolute Gasteiger partial charge is 0.186 e. The van der Waals surface area contributed by atoms with Gasteiger partial charge in [0.1, 0.15) is 30.2 Å². The fourth-order valence-corrected chi connectivity index (χ4v) is 4.63. The van der Waals surface area contributed by atoms with Crippen molar-refractivity contribution in [3.63, 3.8) is 0 Å². The minimum absolute atomic E-state index is 0.0207. The minimum atomic E-state index is -1.45. The van der Waals surface area contributed by atoms with Crippen LogP contribution in [0.1, 0.15) is 33.6 Å². The van der Waals surface area contributed by atoms with E-state index in [0.717, 1.165) is 6.42 Å². The first kappa shape index (κ1) is 17.3. The van der Waals surface area contributed by atoms with Crippen LogP contribution in [0, 0.1) is 16.7 Å². The zero-order chi connectivity index (χ0) is 17.2. The normalized spacial score (nSPS) is 52.1. The molecule has 23 heavy (non-hydrogen) atoms. The third-order valence-electron chi connectivity index (χ3n) is 5.99. The molecule has 2 aliphatic carbocycles. The third-order valence-corrected chi connectivity index (χ3v) is 5.99. The van der Waals surface area contributed by atoms with Crippen molar-refractivity contribution >= 4 is 5.78 Å². The maximum absolute atomic E-state index is 12.5. The molecule has 0 aromatic rings. The van der Waals surface area contributed by atoms with Crippen LogP contribution < -0.4 is 0 Å². The number of aliphatic hydroxyl groups excluding tert-OH is 4. The van der Waals surface area contributed by atoms with E-state index in [-0.39, 0.29) is 17.8 Å². The van der Waals surface area contributed by atoms with Crippen molar-refractivity contribution in [3.8, 4) is 0 Å². The number of carbonyl (C=O) groups is 1. The summed E-state index contributed by atoms with van der Waals surface area (Å²) in [6.07, 6.45) is -5.35. The van der Waals surface area contributed by atoms with Crippen LogP contribution in [0.15, 0.2) is 0 Å². The molecule has 3 rings (SSSR count). The quantitative estimate of drug-likeness (QED) is 0.535. The molecule has 0 aromatic heterocycles. The Kier molecular flexibility index (Phi) is 4.11. The summed E-state index contributed by atoms with van der Waals surface area (Å²) in [5.74, 6) is 0.260. The number of ether oxygens (including phenoxy) is 2. The van der Waals surface area contributed by atoms with Crippen LogP contribution in [0.25, 0.3) is 0 Å². The summed E-state index contributed by atoms with van der Waals surface area (Å²) in [4.78, 5) is 12.5. The molecule has 3 fully saturated rings. The third kappa shape index (κ3) is 2.45. The average molecular weight is 330 g/mol. The van der Waals surface area contributed by atoms with Crippen molar-refractivity contribution < 1.29 is 34.7 Å². The van der Waals surface area contributed by atoms with E-state index in [1.807, 2.05) is 20.8 Å². The zero-order valence-corrected chi connectivity index (χ0v) is 13.7. The second-order valence-electron chi connectivity index (χ2n) is 8.00. The van der Waals surface area contributed by atoms with Crippen molar-refractivity contribution in [1.82, 2.24) is 0 Å². The number of carbonyl (C=O) groups excluding carboxylic acids is 1. The van der Waals surface area contributed by atoms with Crippen molar-refractivity contribution in [1.29, 1.82) is 0 Å². The van der Waals surface area contributed by atoms with Crippen LogP contribution in [0.5, 0.6) is 0 Å². The lowest BCUT2D eigenvalue weighted by Gasteiger charge is -2.43. The predicted molar refractivity (Wildman–Crippen MR) is 78.3 cm³/mol. The van der Waals surface area contributed by atoms with E-state index in [1.165, 1.54) is 0 Å². The van der Waals surface area contributed by atoms with Gasteiger partial charge in [-0.05, 0) is 18.8 Å². The van der Waals surface area contributed by atoms with Gasteiger partial charge in [0, 0.05) is 10.8 Å². The van der Waals surface area contributed by atoms with E-state index in [0.29, 0.717) is 6.42 Å². The van der Waals surface area contributed by atoms with Crippen molar-refractivity contribution in [2.75, 3.05) is 6.61 Å². The molecule has 4 N–H and O–H groups in total. The number of hydrogen-bond donors (Lipinski definition) is 4. The molecule has 0 aromatic carbocycles. The first-order valence-corrected chi connectivity index (χ1v) is 8.12. The Morgan fingerprint density at radius 2 is 1.78 bits per heavy atom. The summed E-state index contributed by atoms with van der Waals surface area (Å²) in [5.41, 5.74) is -0.918. The molecule has 8 atom stereocenters. The van der Waals surface area contributed by atoms with Gasteiger partial charge >= 0.3 is 0 Å². The highest BCUT2D eigenvalue weighted by Gasteiger charge is 2.64. The van der Waals surface area contributed by atoms with Crippen LogP contribution in [-0.2, 0) is 14.3 Å². The lowest BCUT2D eigenvalue weighted by molar-refractivity contribution is -0.316. The fourth-order valence-electron chi connectivity index (χ4n) is 4.63. The summed E-state index contributed by atoms with van der Waals surface area (Å²) in [6.45, 7) is 5.27. The van der Waals surface area contributed by atoms with E-state index < -0.39 is 48.1 Å². The van der Waals surface area contributed by atoms with Gasteiger partial charge in [-0.25, -0.2) is 0 Å². The second-order valence-corrected chi connectivity index (χ2v) is 8.00. The molecule has 1 saturated heterocycles. The molecule has 1 aliphatic heterocycles. The lowest BCUT2D eigenvalue weighted by atomic mass is 9.70. The van der Waals surface area contributed by atoms with Gasteiger partial charge < -0.3 is 29.9 Å². The predicted octanol–water partition coefficient (Wildman–Crippen LogP) is -0.803. The van der Waals surface area contributed by atoms with Gasteiger partial charge in [-0.2, -0.15) is 0 Å². The molecule has 7 nitrogen and oxygen atoms in total. The van der Waals surface area contributed by atoms with E-state index in [9.17, 15) is 25.2 Å². The Hall–Kier alpha value is -0.570. The number of Topliss-reactive ketones (excluding diaryl/α,β-unsaturated/α-hetero) is 1. The van der Waals surface area contributed by atoms with Crippen molar-refractivity contribution in [3.05, 3.63) is 0 Å². The monoisotopic (exact) mass is 330 g/mol. The molecule has 0 unspecified atom stereocenters. The molecule has 0 amide bonds. The van der Waals surface area contributed by atoms with Crippen molar-refractivity contribution in [2.45, 2.75) is 70.4 Å². The largest absolute Gasteiger partial charge is 0.394 e. The maximum atomic E-state index is 12.5. The van der Waals surface area contributed by atoms with E-state index >= 15 is 0 Å². The van der Waals surface area contributed by atoms with E-state index in [4.69, 9.17) is 9.47 Å². The van der Waals surface area contributed by atoms with Gasteiger partial charge in [-0.3, -0.25) is 4.79 Å². The van der Waals surface area contributed by atoms with Gasteiger partial charge in [0.15, 0.2) is 6.29 Å². The Bertz CT molecular complexity index is 484. The van der Waals surface area contributed by atoms with Crippen LogP contribution >= 0.6 is 0 Å². The zero-order valence-electron chi connectivity index (χ0n) is 13.7. The van der Waals surface area contributed by atoms with Crippen LogP contribution in [0.2, 0.25) is 0 Å². The number of ketones is 1. The van der Waals surface area contributed by atoms with E-state index in [1.54, 1.807) is 0 Å². The van der Waals surface area contributed by atoms with Gasteiger partial charge in [0.2, 0.25) is 0 Å². The van der Waals surface area contributed by atoms with E-state index in [2.05, 4.69) is 0 Å². The van der Waals surface area contributed by atoms with Gasteiger partial charge in [-0.1, -0.05) is 20.8 Å². The number of hydrogen-bond acceptors (Lipinski definition) is 7. The second kappa shape index (κ2) is 5.47. The molecule has 2 bridgehead atoms. The lowest BCUT2D eigenvalue weighted by Crippen LogP contribution is -2.60. The fraction of sp³-hybridized carbons (Fsp3) is 0.938. The summed E-state index contributed by atoms with van der Waals surface area (Å²) >= 11 is 0. The van der Waals surface area contributed by atoms with Gasteiger partial charge in [-0.15, -0.1) is 0 Å². The molecule has 0 spiro atoms. The summed E-state index contributed by atoms with van der Waals surface area (Å²) in [6, 6.07) is 0. The van der Waals surface area contributed by atoms with Crippen LogP contribution in [0.3, 0.4) is 0 Å². The topological polar surface area (TPSA) is 116 Å². The first-order valence-electron chi connectivity index (χ1n) is 8.12. The highest BCUT2D eigenvalue weighted by Crippen LogP contribution is 2.60. The highest BCUT2D eigenvalue weighted by atomic mass is 16.7. The standard InChI is InChI=1S/C16H26O7/c1-15(2)7-4-16(3,14(15)21)5-8(7)22-13-12(20)11(19)10(18)9(6-17)23-13/h7-13,17-20H,4-6H2,1-3H3/t7-,8-,9-,10-,11+,12-,13-,16+/m1/s1. The summed E-state index contributed by atoms with van der Waals surface area (Å²) < 4.78 is 11.3. The average Bonchev–Trinajstić information content (AvgIpc) is 2.92. The minimum Gasteiger partial charge on any atom is -0.394 e. The Morgan fingerprint density at radius 1 is 1.13 bits per heavy atom. The maximum Gasteiger partial charge on any atom is 0.186 e. The highest BCUT2D eigenvalue weighted by molar-refractivity contribution is 5.93. The number of fused-ring (bicyclic) bond motifs is 2. The SMILES string of the molecule is CC1(C)C(=O)[C@@]2(C)C[C@@H]1[C@H](O[C@@H]1O[C@H](CO)[C@@H](O)[C@H](O)[C@H]1O)C2. The molecule has 0 radical (unpaired) electrons. The molecule has 1 heterocycles. The van der Waals surface area contributed by atoms with Gasteiger partial charge in [0.05, 0.1) is 12.7 Å². The summed E-state index contributed by atoms with van der Waals surface area (Å²) in [5, 5.41) is 39.0. The van der Waals surface area contributed by atoms with Crippen molar-refractivity contribution in [2.24, 2.45) is 16.7 Å². The Morgan fingerprint density at radius 3 is 2.30 bits per heavy atom. The van der Waals surface area contributed by atoms with Crippen LogP contribution in [-0.4, -0.2) is 69.6 Å².